The van der Waals surface area contributed by atoms with Crippen LogP contribution >= 0.6 is 27.3 Å². The fourth-order valence-corrected chi connectivity index (χ4v) is 2.88. The molecule has 19 heavy (non-hydrogen) atoms. The number of hydrogen-bond donors (Lipinski definition) is 1. The van der Waals surface area contributed by atoms with Gasteiger partial charge in [-0.3, -0.25) is 4.79 Å². The van der Waals surface area contributed by atoms with Crippen molar-refractivity contribution < 1.29 is 14.3 Å². The van der Waals surface area contributed by atoms with E-state index in [-0.39, 0.29) is 6.42 Å². The Bertz CT molecular complexity index is 591. The van der Waals surface area contributed by atoms with Gasteiger partial charge in [0.05, 0.1) is 15.8 Å². The third kappa shape index (κ3) is 3.87. The van der Waals surface area contributed by atoms with Crippen LogP contribution in [-0.2, 0) is 11.2 Å². The molecule has 0 bridgehead atoms. The molecule has 0 unspecified atom stereocenters. The molecular weight excluding hydrogens is 332 g/mol. The lowest BCUT2D eigenvalue weighted by molar-refractivity contribution is -0.139. The van der Waals surface area contributed by atoms with Gasteiger partial charge in [0.25, 0.3) is 0 Å². The van der Waals surface area contributed by atoms with Crippen molar-refractivity contribution >= 4 is 33.2 Å². The summed E-state index contributed by atoms with van der Waals surface area (Å²) in [7, 11) is 0. The van der Waals surface area contributed by atoms with Gasteiger partial charge in [-0.15, -0.1) is 21.5 Å². The molecule has 0 saturated heterocycles. The standard InChI is InChI=1S/C12H13BrN2O3S/c1-12(2,5-10(16)17)4-9-14-15-11(18-9)7-3-8(13)19-6-7/h3,6H,4-5H2,1-2H3,(H,16,17). The molecule has 2 heterocycles. The average Bonchev–Trinajstić information content (AvgIpc) is 2.84. The summed E-state index contributed by atoms with van der Waals surface area (Å²) in [5, 5.41) is 18.7. The molecule has 2 aromatic rings. The minimum absolute atomic E-state index is 0.0642. The molecule has 0 saturated carbocycles. The molecular formula is C12H13BrN2O3S. The van der Waals surface area contributed by atoms with Gasteiger partial charge in [0, 0.05) is 11.8 Å². The molecule has 0 aliphatic rings. The van der Waals surface area contributed by atoms with Gasteiger partial charge < -0.3 is 9.52 Å². The first kappa shape index (κ1) is 14.2. The number of nitrogens with zero attached hydrogens (tertiary/aromatic N) is 2. The zero-order chi connectivity index (χ0) is 14.0. The van der Waals surface area contributed by atoms with E-state index in [0.29, 0.717) is 18.2 Å². The first-order valence-electron chi connectivity index (χ1n) is 5.64. The summed E-state index contributed by atoms with van der Waals surface area (Å²) < 4.78 is 6.57. The minimum Gasteiger partial charge on any atom is -0.481 e. The Morgan fingerprint density at radius 3 is 2.84 bits per heavy atom. The highest BCUT2D eigenvalue weighted by molar-refractivity contribution is 9.11. The maximum Gasteiger partial charge on any atom is 0.303 e. The Hall–Kier alpha value is -1.21. The molecule has 0 aliphatic heterocycles. The lowest BCUT2D eigenvalue weighted by Crippen LogP contribution is -2.19. The summed E-state index contributed by atoms with van der Waals surface area (Å²) in [6.45, 7) is 3.73. The average molecular weight is 345 g/mol. The van der Waals surface area contributed by atoms with Gasteiger partial charge in [-0.2, -0.15) is 0 Å². The van der Waals surface area contributed by atoms with E-state index in [0.717, 1.165) is 9.35 Å². The monoisotopic (exact) mass is 344 g/mol. The van der Waals surface area contributed by atoms with E-state index in [9.17, 15) is 4.79 Å². The number of carbonyl (C=O) groups is 1. The maximum absolute atomic E-state index is 10.8. The van der Waals surface area contributed by atoms with Crippen LogP contribution in [0.15, 0.2) is 19.6 Å². The molecule has 7 heteroatoms. The number of aromatic nitrogens is 2. The second kappa shape index (κ2) is 5.42. The molecule has 0 aromatic carbocycles. The normalized spacial score (nSPS) is 11.7. The predicted molar refractivity (Wildman–Crippen MR) is 75.0 cm³/mol. The highest BCUT2D eigenvalue weighted by Gasteiger charge is 2.25. The third-order valence-electron chi connectivity index (χ3n) is 2.54. The van der Waals surface area contributed by atoms with Gasteiger partial charge in [-0.05, 0) is 27.4 Å². The van der Waals surface area contributed by atoms with Crippen LogP contribution in [0.2, 0.25) is 0 Å². The van der Waals surface area contributed by atoms with Crippen LogP contribution in [-0.4, -0.2) is 21.3 Å². The molecule has 0 aliphatic carbocycles. The Morgan fingerprint density at radius 1 is 1.53 bits per heavy atom. The molecule has 0 spiro atoms. The van der Waals surface area contributed by atoms with Crippen LogP contribution in [0.1, 0.15) is 26.2 Å². The number of thiophene rings is 1. The van der Waals surface area contributed by atoms with Crippen molar-refractivity contribution in [3.63, 3.8) is 0 Å². The van der Waals surface area contributed by atoms with Gasteiger partial charge in [0.2, 0.25) is 11.8 Å². The lowest BCUT2D eigenvalue weighted by Gasteiger charge is -2.19. The predicted octanol–water partition coefficient (Wildman–Crippen LogP) is 3.60. The lowest BCUT2D eigenvalue weighted by atomic mass is 9.86. The van der Waals surface area contributed by atoms with E-state index in [4.69, 9.17) is 9.52 Å². The van der Waals surface area contributed by atoms with Gasteiger partial charge in [-0.25, -0.2) is 0 Å². The van der Waals surface area contributed by atoms with Crippen molar-refractivity contribution in [2.24, 2.45) is 5.41 Å². The maximum atomic E-state index is 10.8. The van der Waals surface area contributed by atoms with Crippen LogP contribution in [0, 0.1) is 5.41 Å². The summed E-state index contributed by atoms with van der Waals surface area (Å²) in [5.41, 5.74) is 0.455. The molecule has 0 atom stereocenters. The van der Waals surface area contributed by atoms with Crippen molar-refractivity contribution in [3.8, 4) is 11.5 Å². The number of hydrogen-bond acceptors (Lipinski definition) is 5. The van der Waals surface area contributed by atoms with Crippen LogP contribution in [0.4, 0.5) is 0 Å². The summed E-state index contributed by atoms with van der Waals surface area (Å²) in [6.07, 6.45) is 0.506. The molecule has 2 aromatic heterocycles. The van der Waals surface area contributed by atoms with Gasteiger partial charge in [0.15, 0.2) is 0 Å². The Balaban J connectivity index is 2.11. The van der Waals surface area contributed by atoms with E-state index in [1.807, 2.05) is 25.3 Å². The van der Waals surface area contributed by atoms with Crippen LogP contribution < -0.4 is 0 Å². The third-order valence-corrected chi connectivity index (χ3v) is 4.05. The SMILES string of the molecule is CC(C)(CC(=O)O)Cc1nnc(-c2csc(Br)c2)o1. The minimum atomic E-state index is -0.827. The van der Waals surface area contributed by atoms with Crippen LogP contribution in [0.25, 0.3) is 11.5 Å². The quantitative estimate of drug-likeness (QED) is 0.896. The Morgan fingerprint density at radius 2 is 2.26 bits per heavy atom. The van der Waals surface area contributed by atoms with E-state index in [1.54, 1.807) is 11.3 Å². The second-order valence-electron chi connectivity index (χ2n) is 5.05. The Labute approximate surface area is 122 Å². The fourth-order valence-electron chi connectivity index (χ4n) is 1.75. The molecule has 0 radical (unpaired) electrons. The Kier molecular flexibility index (Phi) is 4.05. The molecule has 5 nitrogen and oxygen atoms in total. The van der Waals surface area contributed by atoms with Crippen LogP contribution in [0.3, 0.4) is 0 Å². The number of halogens is 1. The van der Waals surface area contributed by atoms with Crippen molar-refractivity contribution in [1.82, 2.24) is 10.2 Å². The van der Waals surface area contributed by atoms with Crippen molar-refractivity contribution in [2.45, 2.75) is 26.7 Å². The van der Waals surface area contributed by atoms with Gasteiger partial charge >= 0.3 is 5.97 Å². The summed E-state index contributed by atoms with van der Waals surface area (Å²) in [4.78, 5) is 10.8. The smallest absolute Gasteiger partial charge is 0.303 e. The fraction of sp³-hybridized carbons (Fsp3) is 0.417. The topological polar surface area (TPSA) is 76.2 Å². The number of aliphatic carboxylic acids is 1. The largest absolute Gasteiger partial charge is 0.481 e. The van der Waals surface area contributed by atoms with E-state index in [1.165, 1.54) is 0 Å². The first-order chi connectivity index (χ1) is 8.85. The summed E-state index contributed by atoms with van der Waals surface area (Å²) >= 11 is 4.92. The van der Waals surface area contributed by atoms with E-state index in [2.05, 4.69) is 26.1 Å². The molecule has 102 valence electrons. The number of rotatable bonds is 5. The molecule has 1 N–H and O–H groups in total. The number of carboxylic acids is 1. The molecule has 0 fully saturated rings. The van der Waals surface area contributed by atoms with Crippen molar-refractivity contribution in [3.05, 3.63) is 21.1 Å². The van der Waals surface area contributed by atoms with Gasteiger partial charge in [0.1, 0.15) is 0 Å². The van der Waals surface area contributed by atoms with E-state index < -0.39 is 11.4 Å². The zero-order valence-corrected chi connectivity index (χ0v) is 12.9. The highest BCUT2D eigenvalue weighted by atomic mass is 79.9. The highest BCUT2D eigenvalue weighted by Crippen LogP contribution is 2.30. The summed E-state index contributed by atoms with van der Waals surface area (Å²) in [6, 6.07) is 1.91. The molecule has 0 amide bonds. The van der Waals surface area contributed by atoms with Crippen LogP contribution in [0.5, 0.6) is 0 Å². The second-order valence-corrected chi connectivity index (χ2v) is 7.34. The summed E-state index contributed by atoms with van der Waals surface area (Å²) in [5.74, 6) is 0.0955. The number of carboxylic acid groups (broad SMARTS) is 1. The van der Waals surface area contributed by atoms with E-state index >= 15 is 0 Å². The molecule has 2 rings (SSSR count). The van der Waals surface area contributed by atoms with Crippen molar-refractivity contribution in [2.75, 3.05) is 0 Å². The zero-order valence-electron chi connectivity index (χ0n) is 10.5. The van der Waals surface area contributed by atoms with Crippen molar-refractivity contribution in [1.29, 1.82) is 0 Å². The van der Waals surface area contributed by atoms with Gasteiger partial charge in [-0.1, -0.05) is 13.8 Å². The first-order valence-corrected chi connectivity index (χ1v) is 7.31.